The minimum absolute atomic E-state index is 0.245. The highest BCUT2D eigenvalue weighted by atomic mass is 14.9. The molecule has 0 saturated carbocycles. The lowest BCUT2D eigenvalue weighted by molar-refractivity contribution is 0.424. The van der Waals surface area contributed by atoms with Gasteiger partial charge >= 0.3 is 0 Å². The van der Waals surface area contributed by atoms with Crippen molar-refractivity contribution in [3.63, 3.8) is 0 Å². The topological polar surface area (TPSA) is 38.0 Å². The molecule has 2 heteroatoms. The first-order valence-corrected chi connectivity index (χ1v) is 4.51. The molecule has 3 N–H and O–H groups in total. The molecule has 70 valence electrons. The third-order valence-electron chi connectivity index (χ3n) is 1.04. The summed E-state index contributed by atoms with van der Waals surface area (Å²) >= 11 is 0. The Balaban J connectivity index is 0. The fourth-order valence-electron chi connectivity index (χ4n) is 0.565. The maximum atomic E-state index is 5.32. The van der Waals surface area contributed by atoms with Crippen molar-refractivity contribution in [2.75, 3.05) is 13.1 Å². The van der Waals surface area contributed by atoms with Gasteiger partial charge in [0.25, 0.3) is 0 Å². The maximum absolute atomic E-state index is 5.32. The van der Waals surface area contributed by atoms with Crippen LogP contribution in [0.2, 0.25) is 0 Å². The zero-order valence-electron chi connectivity index (χ0n) is 8.70. The molecule has 0 aliphatic rings. The summed E-state index contributed by atoms with van der Waals surface area (Å²) < 4.78 is 0. The average molecular weight is 160 g/mol. The second kappa shape index (κ2) is 8.02. The van der Waals surface area contributed by atoms with Crippen molar-refractivity contribution in [2.45, 2.75) is 46.6 Å². The molecule has 2 nitrogen and oxygen atoms in total. The summed E-state index contributed by atoms with van der Waals surface area (Å²) in [6.45, 7) is 12.3. The van der Waals surface area contributed by atoms with E-state index in [1.807, 2.05) is 13.8 Å². The Morgan fingerprint density at radius 1 is 1.18 bits per heavy atom. The Kier molecular flexibility index (Phi) is 9.85. The van der Waals surface area contributed by atoms with Gasteiger partial charge < -0.3 is 11.1 Å². The molecule has 0 aliphatic heterocycles. The van der Waals surface area contributed by atoms with Gasteiger partial charge in [0.05, 0.1) is 0 Å². The Hall–Kier alpha value is -0.0800. The predicted molar refractivity (Wildman–Crippen MR) is 52.8 cm³/mol. The van der Waals surface area contributed by atoms with Crippen LogP contribution in [-0.4, -0.2) is 18.6 Å². The van der Waals surface area contributed by atoms with E-state index in [1.54, 1.807) is 0 Å². The predicted octanol–water partition coefficient (Wildman–Crippen LogP) is 1.75. The van der Waals surface area contributed by atoms with Crippen LogP contribution in [0.25, 0.3) is 0 Å². The molecule has 0 heterocycles. The number of rotatable bonds is 3. The molecule has 0 fully saturated rings. The summed E-state index contributed by atoms with van der Waals surface area (Å²) in [7, 11) is 0. The van der Waals surface area contributed by atoms with Crippen LogP contribution in [0.5, 0.6) is 0 Å². The van der Waals surface area contributed by atoms with Crippen molar-refractivity contribution in [1.82, 2.24) is 5.32 Å². The van der Waals surface area contributed by atoms with E-state index in [9.17, 15) is 0 Å². The molecular weight excluding hydrogens is 136 g/mol. The van der Waals surface area contributed by atoms with Crippen LogP contribution in [0.4, 0.5) is 0 Å². The highest BCUT2D eigenvalue weighted by Crippen LogP contribution is 1.96. The van der Waals surface area contributed by atoms with Gasteiger partial charge in [0, 0.05) is 5.54 Å². The van der Waals surface area contributed by atoms with Crippen LogP contribution in [0.1, 0.15) is 41.0 Å². The Morgan fingerprint density at radius 3 is 1.91 bits per heavy atom. The molecule has 0 aromatic heterocycles. The highest BCUT2D eigenvalue weighted by Gasteiger charge is 2.05. The van der Waals surface area contributed by atoms with Crippen LogP contribution >= 0.6 is 0 Å². The van der Waals surface area contributed by atoms with Crippen molar-refractivity contribution < 1.29 is 0 Å². The van der Waals surface area contributed by atoms with Crippen molar-refractivity contribution in [1.29, 1.82) is 0 Å². The molecule has 0 amide bonds. The minimum atomic E-state index is 0.245. The Morgan fingerprint density at radius 2 is 1.64 bits per heavy atom. The molecular formula is C9H24N2. The monoisotopic (exact) mass is 160 g/mol. The molecule has 11 heavy (non-hydrogen) atoms. The zero-order chi connectivity index (χ0) is 9.33. The van der Waals surface area contributed by atoms with E-state index in [0.717, 1.165) is 19.5 Å². The zero-order valence-corrected chi connectivity index (χ0v) is 8.70. The largest absolute Gasteiger partial charge is 0.330 e. The van der Waals surface area contributed by atoms with Crippen molar-refractivity contribution >= 4 is 0 Å². The van der Waals surface area contributed by atoms with Gasteiger partial charge in [0.15, 0.2) is 0 Å². The average Bonchev–Trinajstić information content (AvgIpc) is 1.90. The molecule has 0 atom stereocenters. The summed E-state index contributed by atoms with van der Waals surface area (Å²) in [6.07, 6.45) is 1.07. The fourth-order valence-corrected chi connectivity index (χ4v) is 0.565. The van der Waals surface area contributed by atoms with Gasteiger partial charge in [-0.25, -0.2) is 0 Å². The Bertz CT molecular complexity index is 64.5. The van der Waals surface area contributed by atoms with Gasteiger partial charge in [-0.3, -0.25) is 0 Å². The number of hydrogen-bond acceptors (Lipinski definition) is 2. The van der Waals surface area contributed by atoms with Crippen LogP contribution in [0.15, 0.2) is 0 Å². The van der Waals surface area contributed by atoms with E-state index in [0.29, 0.717) is 0 Å². The van der Waals surface area contributed by atoms with E-state index in [4.69, 9.17) is 5.73 Å². The summed E-state index contributed by atoms with van der Waals surface area (Å²) in [5.41, 5.74) is 5.56. The molecule has 0 aliphatic carbocycles. The summed E-state index contributed by atoms with van der Waals surface area (Å²) in [5, 5.41) is 3.34. The van der Waals surface area contributed by atoms with E-state index < -0.39 is 0 Å². The molecule has 0 aromatic rings. The first kappa shape index (κ1) is 13.5. The van der Waals surface area contributed by atoms with Gasteiger partial charge in [0.2, 0.25) is 0 Å². The van der Waals surface area contributed by atoms with Gasteiger partial charge in [-0.2, -0.15) is 0 Å². The molecule has 0 unspecified atom stereocenters. The van der Waals surface area contributed by atoms with Crippen LogP contribution < -0.4 is 11.1 Å². The summed E-state index contributed by atoms with van der Waals surface area (Å²) in [4.78, 5) is 0. The minimum Gasteiger partial charge on any atom is -0.330 e. The smallest absolute Gasteiger partial charge is 0.00965 e. The molecule has 0 bridgehead atoms. The molecule has 0 saturated heterocycles. The lowest BCUT2D eigenvalue weighted by Crippen LogP contribution is -2.36. The lowest BCUT2D eigenvalue weighted by Gasteiger charge is -2.19. The normalized spacial score (nSPS) is 10.4. The first-order chi connectivity index (χ1) is 5.06. The number of nitrogens with two attached hydrogens (primary N) is 1. The maximum Gasteiger partial charge on any atom is 0.00965 e. The first-order valence-electron chi connectivity index (χ1n) is 4.51. The summed E-state index contributed by atoms with van der Waals surface area (Å²) in [6, 6.07) is 0. The van der Waals surface area contributed by atoms with Crippen molar-refractivity contribution in [3.05, 3.63) is 0 Å². The van der Waals surface area contributed by atoms with E-state index in [1.165, 1.54) is 0 Å². The fraction of sp³-hybridized carbons (Fsp3) is 1.00. The lowest BCUT2D eigenvalue weighted by atomic mass is 10.1. The second-order valence-corrected chi connectivity index (χ2v) is 3.32. The standard InChI is InChI=1S/C7H18N2.C2H6/c1-7(2,3)9-6-4-5-8;1-2/h9H,4-6,8H2,1-3H3;1-2H3. The molecule has 0 radical (unpaired) electrons. The van der Waals surface area contributed by atoms with Crippen LogP contribution in [0.3, 0.4) is 0 Å². The molecule has 0 aromatic carbocycles. The van der Waals surface area contributed by atoms with Gasteiger partial charge in [0.1, 0.15) is 0 Å². The van der Waals surface area contributed by atoms with Gasteiger partial charge in [-0.1, -0.05) is 13.8 Å². The SMILES string of the molecule is CC.CC(C)(C)NCCCN. The van der Waals surface area contributed by atoms with Crippen molar-refractivity contribution in [3.8, 4) is 0 Å². The molecule has 0 rings (SSSR count). The number of hydrogen-bond donors (Lipinski definition) is 2. The Labute approximate surface area is 71.6 Å². The van der Waals surface area contributed by atoms with E-state index in [2.05, 4.69) is 26.1 Å². The van der Waals surface area contributed by atoms with Crippen LogP contribution in [-0.2, 0) is 0 Å². The second-order valence-electron chi connectivity index (χ2n) is 3.32. The molecule has 0 spiro atoms. The number of nitrogens with one attached hydrogen (secondary N) is 1. The third kappa shape index (κ3) is 17.8. The van der Waals surface area contributed by atoms with Crippen molar-refractivity contribution in [2.24, 2.45) is 5.73 Å². The summed E-state index contributed by atoms with van der Waals surface area (Å²) in [5.74, 6) is 0. The van der Waals surface area contributed by atoms with E-state index in [-0.39, 0.29) is 5.54 Å². The quantitative estimate of drug-likeness (QED) is 0.617. The third-order valence-corrected chi connectivity index (χ3v) is 1.04. The van der Waals surface area contributed by atoms with Gasteiger partial charge in [-0.15, -0.1) is 0 Å². The highest BCUT2D eigenvalue weighted by molar-refractivity contribution is 4.69. The van der Waals surface area contributed by atoms with E-state index >= 15 is 0 Å². The van der Waals surface area contributed by atoms with Gasteiger partial charge in [-0.05, 0) is 40.3 Å². The van der Waals surface area contributed by atoms with Crippen LogP contribution in [0, 0.1) is 0 Å².